The van der Waals surface area contributed by atoms with Crippen molar-refractivity contribution in [3.63, 3.8) is 0 Å². The van der Waals surface area contributed by atoms with E-state index in [0.29, 0.717) is 0 Å². The number of aromatic nitrogens is 4. The van der Waals surface area contributed by atoms with Crippen molar-refractivity contribution in [3.05, 3.63) is 54.5 Å². The van der Waals surface area contributed by atoms with Crippen LogP contribution in [0, 0.1) is 0 Å². The summed E-state index contributed by atoms with van der Waals surface area (Å²) in [6, 6.07) is 10.7. The van der Waals surface area contributed by atoms with Crippen LogP contribution in [0.1, 0.15) is 5.56 Å². The van der Waals surface area contributed by atoms with Crippen molar-refractivity contribution in [2.24, 2.45) is 7.05 Å². The average Bonchev–Trinajstić information content (AvgIpc) is 3.10. The van der Waals surface area contributed by atoms with Gasteiger partial charge in [-0.3, -0.25) is 4.98 Å². The molecule has 1 aliphatic heterocycles. The molecule has 0 saturated heterocycles. The lowest BCUT2D eigenvalue weighted by Crippen LogP contribution is -2.30. The predicted octanol–water partition coefficient (Wildman–Crippen LogP) is 2.14. The summed E-state index contributed by atoms with van der Waals surface area (Å²) in [6.45, 7) is 0.909. The Morgan fingerprint density at radius 3 is 3.15 bits per heavy atom. The highest BCUT2D eigenvalue weighted by atomic mass is 15.2. The second kappa shape index (κ2) is 3.28. The van der Waals surface area contributed by atoms with E-state index in [4.69, 9.17) is 0 Å². The Labute approximate surface area is 115 Å². The lowest BCUT2D eigenvalue weighted by Gasteiger charge is -1.97. The van der Waals surface area contributed by atoms with Crippen LogP contribution in [0.4, 0.5) is 0 Å². The van der Waals surface area contributed by atoms with Crippen LogP contribution in [0.3, 0.4) is 0 Å². The Kier molecular flexibility index (Phi) is 1.67. The van der Waals surface area contributed by atoms with Gasteiger partial charge in [-0.1, -0.05) is 6.07 Å². The number of hydrogen-bond acceptors (Lipinski definition) is 1. The molecule has 96 valence electrons. The van der Waals surface area contributed by atoms with Gasteiger partial charge in [0, 0.05) is 24.0 Å². The molecule has 0 atom stereocenters. The van der Waals surface area contributed by atoms with Crippen molar-refractivity contribution in [2.75, 3.05) is 0 Å². The van der Waals surface area contributed by atoms with Gasteiger partial charge in [-0.2, -0.15) is 0 Å². The van der Waals surface area contributed by atoms with Crippen LogP contribution in [-0.2, 0) is 13.6 Å². The smallest absolute Gasteiger partial charge is 0.264 e. The SMILES string of the molecule is C[n+]1c2n(c3cc4ccccn4c31)Cc1cnccc1-2. The minimum atomic E-state index is 0.909. The third-order valence-corrected chi connectivity index (χ3v) is 4.29. The van der Waals surface area contributed by atoms with Gasteiger partial charge in [0.2, 0.25) is 5.82 Å². The lowest BCUT2D eigenvalue weighted by atomic mass is 10.2. The van der Waals surface area contributed by atoms with E-state index < -0.39 is 0 Å². The van der Waals surface area contributed by atoms with E-state index in [2.05, 4.69) is 62.1 Å². The normalized spacial score (nSPS) is 13.1. The molecule has 0 unspecified atom stereocenters. The number of rotatable bonds is 0. The third kappa shape index (κ3) is 1.04. The molecule has 0 bridgehead atoms. The molecule has 4 aromatic rings. The van der Waals surface area contributed by atoms with Crippen LogP contribution in [0.5, 0.6) is 0 Å². The molecule has 0 fully saturated rings. The first kappa shape index (κ1) is 10.2. The number of pyridine rings is 2. The predicted molar refractivity (Wildman–Crippen MR) is 76.4 cm³/mol. The van der Waals surface area contributed by atoms with Gasteiger partial charge >= 0.3 is 0 Å². The molecule has 4 aromatic heterocycles. The van der Waals surface area contributed by atoms with Crippen LogP contribution in [-0.4, -0.2) is 14.0 Å². The van der Waals surface area contributed by atoms with Gasteiger partial charge in [-0.25, -0.2) is 13.5 Å². The fraction of sp³-hybridized carbons (Fsp3) is 0.125. The summed E-state index contributed by atoms with van der Waals surface area (Å²) in [6.07, 6.45) is 5.97. The monoisotopic (exact) mass is 261 g/mol. The summed E-state index contributed by atoms with van der Waals surface area (Å²) in [5.74, 6) is 1.27. The summed E-state index contributed by atoms with van der Waals surface area (Å²) in [5, 5.41) is 0. The van der Waals surface area contributed by atoms with Gasteiger partial charge in [0.05, 0.1) is 25.4 Å². The van der Waals surface area contributed by atoms with Crippen molar-refractivity contribution in [2.45, 2.75) is 6.54 Å². The highest BCUT2D eigenvalue weighted by Crippen LogP contribution is 2.33. The zero-order valence-corrected chi connectivity index (χ0v) is 11.1. The lowest BCUT2D eigenvalue weighted by molar-refractivity contribution is -0.636. The Hall–Kier alpha value is -2.62. The molecular weight excluding hydrogens is 248 g/mol. The Bertz CT molecular complexity index is 990. The van der Waals surface area contributed by atoms with Crippen molar-refractivity contribution in [1.29, 1.82) is 0 Å². The zero-order chi connectivity index (χ0) is 13.3. The molecule has 20 heavy (non-hydrogen) atoms. The first-order chi connectivity index (χ1) is 9.84. The molecule has 0 spiro atoms. The molecule has 0 amide bonds. The third-order valence-electron chi connectivity index (χ3n) is 4.29. The number of fused-ring (bicyclic) bond motifs is 7. The average molecular weight is 261 g/mol. The summed E-state index contributed by atoms with van der Waals surface area (Å²) in [5.41, 5.74) is 6.36. The number of imidazole rings is 1. The van der Waals surface area contributed by atoms with E-state index in [-0.39, 0.29) is 0 Å². The molecule has 0 saturated carbocycles. The van der Waals surface area contributed by atoms with E-state index in [9.17, 15) is 0 Å². The van der Waals surface area contributed by atoms with E-state index in [1.807, 2.05) is 12.4 Å². The molecule has 4 heteroatoms. The second-order valence-electron chi connectivity index (χ2n) is 5.35. The first-order valence-corrected chi connectivity index (χ1v) is 6.76. The fourth-order valence-corrected chi connectivity index (χ4v) is 3.45. The van der Waals surface area contributed by atoms with Crippen molar-refractivity contribution in [1.82, 2.24) is 14.0 Å². The Morgan fingerprint density at radius 1 is 1.25 bits per heavy atom. The van der Waals surface area contributed by atoms with Crippen molar-refractivity contribution in [3.8, 4) is 11.4 Å². The van der Waals surface area contributed by atoms with E-state index in [0.717, 1.165) is 6.54 Å². The van der Waals surface area contributed by atoms with Crippen LogP contribution < -0.4 is 4.57 Å². The molecule has 0 aromatic carbocycles. The zero-order valence-electron chi connectivity index (χ0n) is 11.1. The topological polar surface area (TPSA) is 26.1 Å². The van der Waals surface area contributed by atoms with Gasteiger partial charge in [-0.15, -0.1) is 0 Å². The maximum Gasteiger partial charge on any atom is 0.273 e. The van der Waals surface area contributed by atoms with Crippen LogP contribution in [0.15, 0.2) is 48.9 Å². The number of hydrogen-bond donors (Lipinski definition) is 0. The highest BCUT2D eigenvalue weighted by Gasteiger charge is 2.32. The molecule has 4 nitrogen and oxygen atoms in total. The Balaban J connectivity index is 1.98. The first-order valence-electron chi connectivity index (χ1n) is 6.76. The molecule has 0 aliphatic carbocycles. The van der Waals surface area contributed by atoms with Gasteiger partial charge in [0.15, 0.2) is 5.52 Å². The van der Waals surface area contributed by atoms with E-state index in [1.165, 1.54) is 33.6 Å². The second-order valence-corrected chi connectivity index (χ2v) is 5.35. The minimum Gasteiger partial charge on any atom is -0.264 e. The van der Waals surface area contributed by atoms with Crippen molar-refractivity contribution >= 4 is 16.7 Å². The standard InChI is InChI=1S/C16H13N4/c1-18-15-13-5-6-17-9-11(13)10-20(15)14-8-12-4-2-3-7-19(12)16(14)18/h2-9H,10H2,1H3/q+1. The van der Waals surface area contributed by atoms with Crippen LogP contribution >= 0.6 is 0 Å². The van der Waals surface area contributed by atoms with Crippen LogP contribution in [0.25, 0.3) is 28.1 Å². The van der Waals surface area contributed by atoms with E-state index in [1.54, 1.807) is 0 Å². The summed E-state index contributed by atoms with van der Waals surface area (Å²) in [7, 11) is 2.14. The summed E-state index contributed by atoms with van der Waals surface area (Å²) in [4.78, 5) is 4.24. The molecule has 1 aliphatic rings. The van der Waals surface area contributed by atoms with Gasteiger partial charge in [0.25, 0.3) is 5.65 Å². The molecule has 0 N–H and O–H groups in total. The van der Waals surface area contributed by atoms with E-state index >= 15 is 0 Å². The highest BCUT2D eigenvalue weighted by molar-refractivity contribution is 5.83. The quantitative estimate of drug-likeness (QED) is 0.392. The Morgan fingerprint density at radius 2 is 2.20 bits per heavy atom. The summed E-state index contributed by atoms with van der Waals surface area (Å²) >= 11 is 0. The van der Waals surface area contributed by atoms with Crippen molar-refractivity contribution < 1.29 is 4.57 Å². The van der Waals surface area contributed by atoms with Crippen LogP contribution in [0.2, 0.25) is 0 Å². The summed E-state index contributed by atoms with van der Waals surface area (Å²) < 4.78 is 6.92. The molecule has 5 rings (SSSR count). The maximum absolute atomic E-state index is 4.24. The van der Waals surface area contributed by atoms with Gasteiger partial charge in [-0.05, 0) is 18.2 Å². The fourth-order valence-electron chi connectivity index (χ4n) is 3.45. The molecule has 5 heterocycles. The number of nitrogens with zero attached hydrogens (tertiary/aromatic N) is 4. The maximum atomic E-state index is 4.24. The largest absolute Gasteiger partial charge is 0.273 e. The van der Waals surface area contributed by atoms with Gasteiger partial charge < -0.3 is 0 Å². The van der Waals surface area contributed by atoms with Gasteiger partial charge in [0.1, 0.15) is 5.52 Å². The minimum absolute atomic E-state index is 0.909. The number of aryl methyl sites for hydroxylation is 1. The molecular formula is C16H13N4+. The molecule has 0 radical (unpaired) electrons.